The molecule has 104 valence electrons. The molecule has 0 unspecified atom stereocenters. The van der Waals surface area contributed by atoms with Crippen LogP contribution < -0.4 is 4.74 Å². The zero-order chi connectivity index (χ0) is 14.7. The van der Waals surface area contributed by atoms with Gasteiger partial charge in [0.25, 0.3) is 0 Å². The summed E-state index contributed by atoms with van der Waals surface area (Å²) in [5.74, 6) is 1.12. The van der Waals surface area contributed by atoms with Gasteiger partial charge in [0.05, 0.1) is 9.40 Å². The molecule has 0 aliphatic heterocycles. The van der Waals surface area contributed by atoms with E-state index >= 15 is 0 Å². The zero-order valence-electron chi connectivity index (χ0n) is 10.6. The molecular formula is C14H11BrClNO3. The van der Waals surface area contributed by atoms with Crippen molar-refractivity contribution in [3.8, 4) is 11.5 Å². The van der Waals surface area contributed by atoms with Crippen molar-refractivity contribution in [3.05, 3.63) is 62.1 Å². The smallest absolute Gasteiger partial charge is 0.311 e. The molecule has 0 aliphatic rings. The number of alkyl halides is 1. The number of rotatable bonds is 4. The van der Waals surface area contributed by atoms with E-state index in [2.05, 4.69) is 15.9 Å². The third kappa shape index (κ3) is 3.29. The van der Waals surface area contributed by atoms with E-state index in [4.69, 9.17) is 16.3 Å². The van der Waals surface area contributed by atoms with Crippen LogP contribution in [-0.2, 0) is 5.88 Å². The standard InChI is InChI=1S/C14H11BrClNO3/c1-9-2-4-12(17(18)19)14(6-9)20-13-5-3-10(8-16)7-11(13)15/h2-7H,8H2,1H3. The zero-order valence-corrected chi connectivity index (χ0v) is 12.9. The van der Waals surface area contributed by atoms with Crippen molar-refractivity contribution in [2.24, 2.45) is 0 Å². The summed E-state index contributed by atoms with van der Waals surface area (Å²) >= 11 is 9.12. The van der Waals surface area contributed by atoms with Crippen molar-refractivity contribution < 1.29 is 9.66 Å². The molecule has 0 spiro atoms. The molecule has 2 aromatic carbocycles. The van der Waals surface area contributed by atoms with Gasteiger partial charge in [0.15, 0.2) is 0 Å². The molecule has 2 aromatic rings. The molecule has 0 N–H and O–H groups in total. The van der Waals surface area contributed by atoms with Crippen LogP contribution in [0.5, 0.6) is 11.5 Å². The largest absolute Gasteiger partial charge is 0.449 e. The molecule has 0 radical (unpaired) electrons. The molecule has 0 atom stereocenters. The molecule has 0 aromatic heterocycles. The topological polar surface area (TPSA) is 52.4 Å². The van der Waals surface area contributed by atoms with Crippen LogP contribution in [0.1, 0.15) is 11.1 Å². The lowest BCUT2D eigenvalue weighted by Crippen LogP contribution is -1.94. The number of nitro benzene ring substituents is 1. The maximum atomic E-state index is 11.0. The van der Waals surface area contributed by atoms with E-state index < -0.39 is 4.92 Å². The Balaban J connectivity index is 2.39. The van der Waals surface area contributed by atoms with Gasteiger partial charge in [-0.2, -0.15) is 0 Å². The van der Waals surface area contributed by atoms with Gasteiger partial charge in [-0.25, -0.2) is 0 Å². The van der Waals surface area contributed by atoms with Gasteiger partial charge >= 0.3 is 5.69 Å². The van der Waals surface area contributed by atoms with Crippen LogP contribution in [0.3, 0.4) is 0 Å². The Labute approximate surface area is 129 Å². The minimum Gasteiger partial charge on any atom is -0.449 e. The third-order valence-electron chi connectivity index (χ3n) is 2.68. The number of aryl methyl sites for hydroxylation is 1. The molecule has 0 saturated carbocycles. The maximum Gasteiger partial charge on any atom is 0.311 e. The lowest BCUT2D eigenvalue weighted by Gasteiger charge is -2.09. The average molecular weight is 357 g/mol. The molecule has 6 heteroatoms. The van der Waals surface area contributed by atoms with Gasteiger partial charge in [-0.05, 0) is 52.2 Å². The van der Waals surface area contributed by atoms with Crippen LogP contribution in [0.2, 0.25) is 0 Å². The van der Waals surface area contributed by atoms with Gasteiger partial charge in [0.2, 0.25) is 5.75 Å². The highest BCUT2D eigenvalue weighted by Crippen LogP contribution is 2.36. The SMILES string of the molecule is Cc1ccc([N+](=O)[O-])c(Oc2ccc(CCl)cc2Br)c1. The summed E-state index contributed by atoms with van der Waals surface area (Å²) in [5.41, 5.74) is 1.76. The first-order valence-electron chi connectivity index (χ1n) is 5.78. The first kappa shape index (κ1) is 14.8. The summed E-state index contributed by atoms with van der Waals surface area (Å²) in [6.45, 7) is 1.85. The van der Waals surface area contributed by atoms with E-state index in [1.807, 2.05) is 19.1 Å². The Morgan fingerprint density at radius 3 is 2.60 bits per heavy atom. The fraction of sp³-hybridized carbons (Fsp3) is 0.143. The molecule has 0 aliphatic carbocycles. The van der Waals surface area contributed by atoms with E-state index in [1.165, 1.54) is 6.07 Å². The molecule has 0 fully saturated rings. The second-order valence-corrected chi connectivity index (χ2v) is 5.35. The summed E-state index contributed by atoms with van der Waals surface area (Å²) in [6, 6.07) is 10.1. The van der Waals surface area contributed by atoms with Crippen LogP contribution in [0.4, 0.5) is 5.69 Å². The van der Waals surface area contributed by atoms with Gasteiger partial charge < -0.3 is 4.74 Å². The van der Waals surface area contributed by atoms with Crippen molar-refractivity contribution in [3.63, 3.8) is 0 Å². The summed E-state index contributed by atoms with van der Waals surface area (Å²) in [5, 5.41) is 11.0. The first-order chi connectivity index (χ1) is 9.51. The van der Waals surface area contributed by atoms with Gasteiger partial charge in [0.1, 0.15) is 5.75 Å². The Morgan fingerprint density at radius 2 is 2.00 bits per heavy atom. The fourth-order valence-corrected chi connectivity index (χ4v) is 2.36. The minimum atomic E-state index is -0.462. The summed E-state index contributed by atoms with van der Waals surface area (Å²) in [6.07, 6.45) is 0. The third-order valence-corrected chi connectivity index (χ3v) is 3.61. The van der Waals surface area contributed by atoms with Crippen LogP contribution in [0.15, 0.2) is 40.9 Å². The van der Waals surface area contributed by atoms with Crippen molar-refractivity contribution in [2.75, 3.05) is 0 Å². The second-order valence-electron chi connectivity index (χ2n) is 4.23. The highest BCUT2D eigenvalue weighted by atomic mass is 79.9. The highest BCUT2D eigenvalue weighted by Gasteiger charge is 2.16. The van der Waals surface area contributed by atoms with Crippen molar-refractivity contribution in [1.29, 1.82) is 0 Å². The van der Waals surface area contributed by atoms with Crippen molar-refractivity contribution in [2.45, 2.75) is 12.8 Å². The minimum absolute atomic E-state index is 0.0658. The number of benzene rings is 2. The average Bonchev–Trinajstić information content (AvgIpc) is 2.40. The maximum absolute atomic E-state index is 11.0. The molecule has 20 heavy (non-hydrogen) atoms. The lowest BCUT2D eigenvalue weighted by molar-refractivity contribution is -0.385. The molecule has 2 rings (SSSR count). The lowest BCUT2D eigenvalue weighted by atomic mass is 10.2. The number of hydrogen-bond donors (Lipinski definition) is 0. The predicted molar refractivity (Wildman–Crippen MR) is 81.6 cm³/mol. The van der Waals surface area contributed by atoms with Crippen LogP contribution >= 0.6 is 27.5 Å². The normalized spacial score (nSPS) is 10.3. The predicted octanol–water partition coefficient (Wildman–Crippen LogP) is 5.20. The Morgan fingerprint density at radius 1 is 1.25 bits per heavy atom. The van der Waals surface area contributed by atoms with E-state index in [9.17, 15) is 10.1 Å². The van der Waals surface area contributed by atoms with Gasteiger partial charge in [0, 0.05) is 11.9 Å². The van der Waals surface area contributed by atoms with E-state index in [0.29, 0.717) is 16.1 Å². The van der Waals surface area contributed by atoms with Gasteiger partial charge in [-0.3, -0.25) is 10.1 Å². The Hall–Kier alpha value is -1.59. The quantitative estimate of drug-likeness (QED) is 0.430. The van der Waals surface area contributed by atoms with Crippen molar-refractivity contribution in [1.82, 2.24) is 0 Å². The highest BCUT2D eigenvalue weighted by molar-refractivity contribution is 9.10. The number of hydrogen-bond acceptors (Lipinski definition) is 3. The number of nitro groups is 1. The fourth-order valence-electron chi connectivity index (χ4n) is 1.68. The monoisotopic (exact) mass is 355 g/mol. The molecule has 4 nitrogen and oxygen atoms in total. The van der Waals surface area contributed by atoms with Gasteiger partial charge in [-0.15, -0.1) is 11.6 Å². The number of halogens is 2. The van der Waals surface area contributed by atoms with Crippen molar-refractivity contribution >= 4 is 33.2 Å². The summed E-state index contributed by atoms with van der Waals surface area (Å²) < 4.78 is 6.35. The number of ether oxygens (including phenoxy) is 1. The van der Waals surface area contributed by atoms with Crippen LogP contribution in [0, 0.1) is 17.0 Å². The molecular weight excluding hydrogens is 346 g/mol. The van der Waals surface area contributed by atoms with Gasteiger partial charge in [-0.1, -0.05) is 12.1 Å². The summed E-state index contributed by atoms with van der Waals surface area (Å²) in [4.78, 5) is 10.5. The van der Waals surface area contributed by atoms with E-state index in [1.54, 1.807) is 18.2 Å². The second kappa shape index (κ2) is 6.24. The number of nitrogens with zero attached hydrogens (tertiary/aromatic N) is 1. The van der Waals surface area contributed by atoms with E-state index in [0.717, 1.165) is 11.1 Å². The summed E-state index contributed by atoms with van der Waals surface area (Å²) in [7, 11) is 0. The van der Waals surface area contributed by atoms with Crippen LogP contribution in [0.25, 0.3) is 0 Å². The van der Waals surface area contributed by atoms with E-state index in [-0.39, 0.29) is 11.4 Å². The Kier molecular flexibility index (Phi) is 4.62. The molecule has 0 heterocycles. The first-order valence-corrected chi connectivity index (χ1v) is 7.11. The molecule has 0 amide bonds. The molecule has 0 bridgehead atoms. The van der Waals surface area contributed by atoms with Crippen LogP contribution in [-0.4, -0.2) is 4.92 Å². The molecule has 0 saturated heterocycles. The Bertz CT molecular complexity index is 661.